The summed E-state index contributed by atoms with van der Waals surface area (Å²) in [5.41, 5.74) is 2.20. The third-order valence-electron chi connectivity index (χ3n) is 5.05. The molecular formula is C21H26N8OS. The lowest BCUT2D eigenvalue weighted by Crippen LogP contribution is -2.60. The molecule has 162 valence electrons. The summed E-state index contributed by atoms with van der Waals surface area (Å²) in [5, 5.41) is 33.8. The predicted octanol–water partition coefficient (Wildman–Crippen LogP) is 2.80. The third-order valence-corrected chi connectivity index (χ3v) is 5.86. The molecule has 0 unspecified atom stereocenters. The second-order valence-electron chi connectivity index (χ2n) is 7.25. The Morgan fingerprint density at radius 1 is 1.26 bits per heavy atom. The van der Waals surface area contributed by atoms with E-state index in [1.165, 1.54) is 6.20 Å². The largest absolute Gasteiger partial charge is 0.376 e. The van der Waals surface area contributed by atoms with Crippen LogP contribution in [0.4, 0.5) is 0 Å². The first-order chi connectivity index (χ1) is 15.0. The number of rotatable bonds is 6. The van der Waals surface area contributed by atoms with Gasteiger partial charge < -0.3 is 9.67 Å². The van der Waals surface area contributed by atoms with Crippen molar-refractivity contribution < 1.29 is 5.11 Å². The standard InChI is InChI=1S/C19H20N8OS.C2H6/c1-24(2)29-26-11-19(12-26,4-5-20)27-10-15(9-23-27)17-14(7-21)8-22-18-16(17)3-6-25(18)13-28;1-2/h3,6,8-10,28H,4,11-13H2,1-2H3;1-2H3. The lowest BCUT2D eigenvalue weighted by Gasteiger charge is -2.48. The van der Waals surface area contributed by atoms with Crippen molar-refractivity contribution in [3.8, 4) is 23.3 Å². The van der Waals surface area contributed by atoms with E-state index in [1.807, 2.05) is 49.2 Å². The van der Waals surface area contributed by atoms with Crippen LogP contribution < -0.4 is 0 Å². The van der Waals surface area contributed by atoms with Crippen molar-refractivity contribution in [2.45, 2.75) is 32.5 Å². The van der Waals surface area contributed by atoms with Crippen LogP contribution in [0.25, 0.3) is 22.2 Å². The lowest BCUT2D eigenvalue weighted by atomic mass is 9.89. The van der Waals surface area contributed by atoms with Gasteiger partial charge in [0, 0.05) is 60.3 Å². The van der Waals surface area contributed by atoms with Gasteiger partial charge in [-0.15, -0.1) is 0 Å². The maximum absolute atomic E-state index is 9.60. The second-order valence-corrected chi connectivity index (χ2v) is 8.66. The van der Waals surface area contributed by atoms with Crippen LogP contribution in [0.5, 0.6) is 0 Å². The van der Waals surface area contributed by atoms with Crippen LogP contribution in [-0.2, 0) is 12.3 Å². The number of aliphatic hydroxyl groups excluding tert-OH is 1. The van der Waals surface area contributed by atoms with Gasteiger partial charge in [-0.1, -0.05) is 13.8 Å². The van der Waals surface area contributed by atoms with Gasteiger partial charge in [0.2, 0.25) is 0 Å². The molecule has 0 aromatic carbocycles. The highest BCUT2D eigenvalue weighted by Crippen LogP contribution is 2.38. The Bertz CT molecular complexity index is 1130. The van der Waals surface area contributed by atoms with Gasteiger partial charge in [-0.2, -0.15) is 15.6 Å². The van der Waals surface area contributed by atoms with Gasteiger partial charge in [0.05, 0.1) is 24.3 Å². The van der Waals surface area contributed by atoms with Crippen molar-refractivity contribution in [2.75, 3.05) is 27.2 Å². The van der Waals surface area contributed by atoms with Gasteiger partial charge in [-0.25, -0.2) is 13.6 Å². The van der Waals surface area contributed by atoms with E-state index in [0.717, 1.165) is 16.5 Å². The smallest absolute Gasteiger partial charge is 0.142 e. The van der Waals surface area contributed by atoms with Gasteiger partial charge in [0.15, 0.2) is 0 Å². The highest BCUT2D eigenvalue weighted by Gasteiger charge is 2.46. The van der Waals surface area contributed by atoms with E-state index in [2.05, 4.69) is 26.5 Å². The minimum Gasteiger partial charge on any atom is -0.376 e. The molecule has 10 heteroatoms. The maximum Gasteiger partial charge on any atom is 0.142 e. The van der Waals surface area contributed by atoms with Crippen LogP contribution >= 0.6 is 12.1 Å². The quantitative estimate of drug-likeness (QED) is 0.585. The average Bonchev–Trinajstić information content (AvgIpc) is 3.39. The number of hydrogen-bond acceptors (Lipinski definition) is 8. The molecule has 9 nitrogen and oxygen atoms in total. The van der Waals surface area contributed by atoms with E-state index < -0.39 is 0 Å². The van der Waals surface area contributed by atoms with Crippen molar-refractivity contribution in [3.05, 3.63) is 36.4 Å². The van der Waals surface area contributed by atoms with E-state index in [4.69, 9.17) is 0 Å². The molecule has 1 aliphatic rings. The van der Waals surface area contributed by atoms with Crippen LogP contribution in [0, 0.1) is 22.7 Å². The Morgan fingerprint density at radius 2 is 2.00 bits per heavy atom. The molecule has 0 amide bonds. The van der Waals surface area contributed by atoms with Crippen LogP contribution in [-0.4, -0.2) is 60.2 Å². The average molecular weight is 439 g/mol. The van der Waals surface area contributed by atoms with Crippen LogP contribution in [0.2, 0.25) is 0 Å². The molecule has 0 atom stereocenters. The van der Waals surface area contributed by atoms with Gasteiger partial charge in [-0.05, 0) is 20.2 Å². The maximum atomic E-state index is 9.60. The molecular weight excluding hydrogens is 412 g/mol. The number of fused-ring (bicyclic) bond motifs is 1. The number of aromatic nitrogens is 4. The summed E-state index contributed by atoms with van der Waals surface area (Å²) >= 11 is 1.62. The molecule has 3 aromatic rings. The van der Waals surface area contributed by atoms with Crippen molar-refractivity contribution >= 4 is 23.2 Å². The molecule has 0 radical (unpaired) electrons. The summed E-state index contributed by atoms with van der Waals surface area (Å²) in [7, 11) is 3.97. The monoisotopic (exact) mass is 438 g/mol. The normalized spacial score (nSPS) is 15.1. The Kier molecular flexibility index (Phi) is 6.98. The van der Waals surface area contributed by atoms with Crippen LogP contribution in [0.1, 0.15) is 25.8 Å². The predicted molar refractivity (Wildman–Crippen MR) is 120 cm³/mol. The van der Waals surface area contributed by atoms with Gasteiger partial charge in [-0.3, -0.25) is 4.68 Å². The SMILES string of the molecule is CC.CN(C)SN1CC(CC#N)(n2cc(-c3c(C#N)cnc4c3ccn4CO)cn2)C1. The highest BCUT2D eigenvalue weighted by atomic mass is 32.2. The molecule has 4 heterocycles. The summed E-state index contributed by atoms with van der Waals surface area (Å²) in [6.45, 7) is 5.23. The van der Waals surface area contributed by atoms with Gasteiger partial charge in [0.1, 0.15) is 24.0 Å². The molecule has 1 saturated heterocycles. The van der Waals surface area contributed by atoms with E-state index in [0.29, 0.717) is 30.7 Å². The zero-order valence-electron chi connectivity index (χ0n) is 18.1. The molecule has 0 aliphatic carbocycles. The van der Waals surface area contributed by atoms with Gasteiger partial charge in [0.25, 0.3) is 0 Å². The summed E-state index contributed by atoms with van der Waals surface area (Å²) in [6.07, 6.45) is 7.25. The summed E-state index contributed by atoms with van der Waals surface area (Å²) < 4.78 is 7.67. The first kappa shape index (κ1) is 22.8. The summed E-state index contributed by atoms with van der Waals surface area (Å²) in [4.78, 5) is 4.31. The molecule has 1 fully saturated rings. The number of nitrogens with zero attached hydrogens (tertiary/aromatic N) is 8. The van der Waals surface area contributed by atoms with Crippen molar-refractivity contribution in [1.82, 2.24) is 27.9 Å². The first-order valence-electron chi connectivity index (χ1n) is 10.0. The number of aliphatic hydroxyl groups is 1. The molecule has 1 aliphatic heterocycles. The number of hydrogen-bond donors (Lipinski definition) is 1. The van der Waals surface area contributed by atoms with Crippen LogP contribution in [0.15, 0.2) is 30.9 Å². The minimum atomic E-state index is -0.383. The number of nitriles is 2. The first-order valence-corrected chi connectivity index (χ1v) is 10.8. The zero-order chi connectivity index (χ0) is 22.6. The van der Waals surface area contributed by atoms with E-state index in [1.54, 1.807) is 29.1 Å². The van der Waals surface area contributed by atoms with Crippen molar-refractivity contribution in [3.63, 3.8) is 0 Å². The van der Waals surface area contributed by atoms with E-state index in [-0.39, 0.29) is 12.3 Å². The fourth-order valence-electron chi connectivity index (χ4n) is 3.74. The van der Waals surface area contributed by atoms with E-state index >= 15 is 0 Å². The Hall–Kier alpha value is -2.89. The minimum absolute atomic E-state index is 0.189. The summed E-state index contributed by atoms with van der Waals surface area (Å²) in [6, 6.07) is 6.34. The molecule has 3 aromatic heterocycles. The molecule has 1 N–H and O–H groups in total. The van der Waals surface area contributed by atoms with Crippen LogP contribution in [0.3, 0.4) is 0 Å². The fourth-order valence-corrected chi connectivity index (χ4v) is 4.80. The highest BCUT2D eigenvalue weighted by molar-refractivity contribution is 7.94. The Morgan fingerprint density at radius 3 is 2.61 bits per heavy atom. The number of pyridine rings is 1. The second kappa shape index (κ2) is 9.50. The fraction of sp³-hybridized carbons (Fsp3) is 0.429. The topological polar surface area (TPSA) is 110 Å². The molecule has 31 heavy (non-hydrogen) atoms. The molecule has 0 spiro atoms. The lowest BCUT2D eigenvalue weighted by molar-refractivity contribution is 0.0787. The zero-order valence-corrected chi connectivity index (χ0v) is 19.0. The molecule has 0 saturated carbocycles. The molecule has 4 rings (SSSR count). The molecule has 0 bridgehead atoms. The van der Waals surface area contributed by atoms with Gasteiger partial charge >= 0.3 is 0 Å². The van der Waals surface area contributed by atoms with Crippen molar-refractivity contribution in [1.29, 1.82) is 10.5 Å². The summed E-state index contributed by atoms with van der Waals surface area (Å²) in [5.74, 6) is 0. The Labute approximate surface area is 186 Å². The Balaban J connectivity index is 0.00000132. The van der Waals surface area contributed by atoms with E-state index in [9.17, 15) is 15.6 Å². The van der Waals surface area contributed by atoms with Crippen molar-refractivity contribution in [2.24, 2.45) is 0 Å². The third kappa shape index (κ3) is 4.16.